The molecule has 0 saturated carbocycles. The third kappa shape index (κ3) is 5.03. The highest BCUT2D eigenvalue weighted by Crippen LogP contribution is 2.53. The summed E-state index contributed by atoms with van der Waals surface area (Å²) in [7, 11) is -9.84. The Balaban J connectivity index is 1.22. The number of imidazole rings is 2. The zero-order valence-electron chi connectivity index (χ0n) is 21.5. The lowest BCUT2D eigenvalue weighted by molar-refractivity contribution is -0.0673. The smallest absolute Gasteiger partial charge is 0.387 e. The Morgan fingerprint density at radius 3 is 1.52 bits per heavy atom. The molecule has 2 aromatic carbocycles. The number of phosphoric acid groups is 2. The molecule has 2 aromatic heterocycles. The van der Waals surface area contributed by atoms with Crippen molar-refractivity contribution in [2.45, 2.75) is 49.1 Å². The predicted octanol–water partition coefficient (Wildman–Crippen LogP) is 1.62. The van der Waals surface area contributed by atoms with Crippen molar-refractivity contribution in [1.82, 2.24) is 19.1 Å². The van der Waals surface area contributed by atoms with Gasteiger partial charge < -0.3 is 38.6 Å². The highest BCUT2D eigenvalue weighted by atomic mass is 31.2. The molecule has 16 nitrogen and oxygen atoms in total. The van der Waals surface area contributed by atoms with Crippen molar-refractivity contribution in [3.05, 3.63) is 61.2 Å². The van der Waals surface area contributed by atoms with Gasteiger partial charge in [0.15, 0.2) is 12.5 Å². The van der Waals surface area contributed by atoms with E-state index in [1.807, 2.05) is 0 Å². The molecule has 42 heavy (non-hydrogen) atoms. The average molecular weight is 624 g/mol. The summed E-state index contributed by atoms with van der Waals surface area (Å²) >= 11 is 0. The first-order valence-corrected chi connectivity index (χ1v) is 15.9. The van der Waals surface area contributed by atoms with Crippen LogP contribution in [0.15, 0.2) is 61.2 Å². The highest BCUT2D eigenvalue weighted by Gasteiger charge is 2.53. The maximum atomic E-state index is 13.1. The summed E-state index contributed by atoms with van der Waals surface area (Å²) in [6.07, 6.45) is -8.42. The number of ether oxygens (including phenoxy) is 2. The molecule has 3 fully saturated rings. The minimum Gasteiger partial charge on any atom is -0.387 e. The third-order valence-electron chi connectivity index (χ3n) is 7.45. The topological polar surface area (TPSA) is 206 Å². The lowest BCUT2D eigenvalue weighted by Gasteiger charge is -2.26. The van der Waals surface area contributed by atoms with Crippen LogP contribution < -0.4 is 0 Å². The molecule has 10 unspecified atom stereocenters. The summed E-state index contributed by atoms with van der Waals surface area (Å²) in [5.41, 5.74) is 2.30. The molecular formula is C24H26N4O12P2. The molecule has 0 amide bonds. The molecule has 7 rings (SSSR count). The fraction of sp³-hybridized carbons (Fsp3) is 0.417. The van der Waals surface area contributed by atoms with E-state index >= 15 is 0 Å². The van der Waals surface area contributed by atoms with Gasteiger partial charge in [0, 0.05) is 0 Å². The Morgan fingerprint density at radius 2 is 1.10 bits per heavy atom. The number of nitrogens with zero attached hydrogens (tertiary/aromatic N) is 4. The Bertz CT molecular complexity index is 1590. The molecule has 4 N–H and O–H groups in total. The zero-order valence-corrected chi connectivity index (χ0v) is 23.3. The van der Waals surface area contributed by atoms with Gasteiger partial charge >= 0.3 is 15.6 Å². The van der Waals surface area contributed by atoms with E-state index in [4.69, 9.17) is 27.6 Å². The molecule has 4 aromatic rings. The first kappa shape index (κ1) is 28.2. The monoisotopic (exact) mass is 624 g/mol. The van der Waals surface area contributed by atoms with E-state index in [0.29, 0.717) is 22.1 Å². The van der Waals surface area contributed by atoms with Crippen LogP contribution >= 0.6 is 15.6 Å². The van der Waals surface area contributed by atoms with Crippen molar-refractivity contribution >= 4 is 37.7 Å². The van der Waals surface area contributed by atoms with Crippen LogP contribution in [0, 0.1) is 0 Å². The molecule has 3 saturated heterocycles. The standard InChI is InChI=1S/C24H26N4O12P2/c29-19-17-9-35-42(33,34)40-22-20(30)18(38-24(22)28-12-26-14-6-2-4-8-16(14)28)10-36-41(31,32)39-21(19)23(37-17)27-11-25-13-5-1-3-7-15(13)27/h1-8,11-12,17-24,29-30H,9-10H2,(H,31,32)(H,33,34). The van der Waals surface area contributed by atoms with E-state index in [0.717, 1.165) is 0 Å². The molecule has 0 spiro atoms. The van der Waals surface area contributed by atoms with Crippen LogP contribution in [-0.2, 0) is 36.7 Å². The van der Waals surface area contributed by atoms with Gasteiger partial charge in [0.05, 0.1) is 47.9 Å². The predicted molar refractivity (Wildman–Crippen MR) is 141 cm³/mol. The lowest BCUT2D eigenvalue weighted by atomic mass is 10.1. The van der Waals surface area contributed by atoms with Crippen molar-refractivity contribution in [2.24, 2.45) is 0 Å². The van der Waals surface area contributed by atoms with Gasteiger partial charge in [-0.3, -0.25) is 18.1 Å². The quantitative estimate of drug-likeness (QED) is 0.234. The van der Waals surface area contributed by atoms with Crippen LogP contribution in [0.4, 0.5) is 0 Å². The Kier molecular flexibility index (Phi) is 7.09. The van der Waals surface area contributed by atoms with Crippen molar-refractivity contribution in [1.29, 1.82) is 0 Å². The zero-order chi connectivity index (χ0) is 29.2. The van der Waals surface area contributed by atoms with E-state index in [1.165, 1.54) is 21.8 Å². The second-order valence-corrected chi connectivity index (χ2v) is 12.9. The van der Waals surface area contributed by atoms with Gasteiger partial charge in [0.25, 0.3) is 0 Å². The summed E-state index contributed by atoms with van der Waals surface area (Å²) < 4.78 is 62.3. The molecule has 4 bridgehead atoms. The molecule has 18 heteroatoms. The van der Waals surface area contributed by atoms with Gasteiger partial charge in [-0.1, -0.05) is 24.3 Å². The first-order valence-electron chi connectivity index (χ1n) is 12.9. The van der Waals surface area contributed by atoms with Gasteiger partial charge in [0.2, 0.25) is 0 Å². The van der Waals surface area contributed by atoms with E-state index in [2.05, 4.69) is 9.97 Å². The highest BCUT2D eigenvalue weighted by molar-refractivity contribution is 7.47. The van der Waals surface area contributed by atoms with Crippen LogP contribution in [-0.4, -0.2) is 88.9 Å². The molecule has 224 valence electrons. The number of para-hydroxylation sites is 4. The van der Waals surface area contributed by atoms with Crippen LogP contribution in [0.25, 0.3) is 22.1 Å². The number of rotatable bonds is 2. The number of hydrogen-bond acceptors (Lipinski definition) is 12. The molecule has 10 atom stereocenters. The minimum absolute atomic E-state index is 0.569. The number of fused-ring (bicyclic) bond motifs is 6. The molecular weight excluding hydrogens is 598 g/mol. The van der Waals surface area contributed by atoms with Gasteiger partial charge in [-0.05, 0) is 24.3 Å². The maximum absolute atomic E-state index is 13.1. The summed E-state index contributed by atoms with van der Waals surface area (Å²) in [4.78, 5) is 29.9. The SMILES string of the molecule is O=P1(O)OCC2OC(n3cnc4ccccc43)C(OP(=O)(O)OCC3OC(n4cnc5ccccc54)C(O1)C3O)C2O. The van der Waals surface area contributed by atoms with E-state index in [1.54, 1.807) is 48.5 Å². The summed E-state index contributed by atoms with van der Waals surface area (Å²) in [6, 6.07) is 14.0. The van der Waals surface area contributed by atoms with E-state index < -0.39 is 77.9 Å². The first-order chi connectivity index (χ1) is 20.1. The fourth-order valence-corrected chi connectivity index (χ4v) is 7.32. The Labute approximate surface area is 237 Å². The maximum Gasteiger partial charge on any atom is 0.472 e. The average Bonchev–Trinajstić information content (AvgIpc) is 3.72. The minimum atomic E-state index is -4.92. The van der Waals surface area contributed by atoms with Gasteiger partial charge in [-0.25, -0.2) is 19.1 Å². The molecule has 0 aliphatic carbocycles. The van der Waals surface area contributed by atoms with Crippen LogP contribution in [0.5, 0.6) is 0 Å². The molecule has 3 aliphatic rings. The third-order valence-corrected chi connectivity index (χ3v) is 9.42. The fourth-order valence-electron chi connectivity index (χ4n) is 5.45. The van der Waals surface area contributed by atoms with Crippen molar-refractivity contribution in [3.8, 4) is 0 Å². The van der Waals surface area contributed by atoms with E-state index in [9.17, 15) is 29.1 Å². The number of hydrogen-bond donors (Lipinski definition) is 4. The summed E-state index contributed by atoms with van der Waals surface area (Å²) in [5, 5.41) is 22.1. The van der Waals surface area contributed by atoms with Gasteiger partial charge in [-0.15, -0.1) is 0 Å². The number of benzene rings is 2. The van der Waals surface area contributed by atoms with Crippen molar-refractivity contribution < 1.29 is 56.7 Å². The van der Waals surface area contributed by atoms with Crippen molar-refractivity contribution in [3.63, 3.8) is 0 Å². The normalized spacial score (nSPS) is 39.5. The number of phosphoric ester groups is 2. The van der Waals surface area contributed by atoms with E-state index in [-0.39, 0.29) is 0 Å². The second-order valence-electron chi connectivity index (χ2n) is 10.1. The van der Waals surface area contributed by atoms with Crippen molar-refractivity contribution in [2.75, 3.05) is 13.2 Å². The number of aliphatic hydroxyl groups excluding tert-OH is 2. The summed E-state index contributed by atoms with van der Waals surface area (Å²) in [6.45, 7) is -1.36. The second kappa shape index (κ2) is 10.6. The lowest BCUT2D eigenvalue weighted by Crippen LogP contribution is -2.38. The Hall–Kier alpha value is -2.56. The molecule has 5 heterocycles. The molecule has 3 aliphatic heterocycles. The Morgan fingerprint density at radius 1 is 0.690 bits per heavy atom. The molecule has 0 radical (unpaired) electrons. The van der Waals surface area contributed by atoms with Gasteiger partial charge in [-0.2, -0.15) is 0 Å². The van der Waals surface area contributed by atoms with Crippen LogP contribution in [0.1, 0.15) is 12.5 Å². The number of aliphatic hydroxyl groups is 2. The number of aromatic nitrogens is 4. The largest absolute Gasteiger partial charge is 0.472 e. The van der Waals surface area contributed by atoms with Crippen LogP contribution in [0.3, 0.4) is 0 Å². The van der Waals surface area contributed by atoms with Crippen LogP contribution in [0.2, 0.25) is 0 Å². The summed E-state index contributed by atoms with van der Waals surface area (Å²) in [5.74, 6) is 0. The van der Waals surface area contributed by atoms with Gasteiger partial charge in [0.1, 0.15) is 36.6 Å².